The van der Waals surface area contributed by atoms with Crippen molar-refractivity contribution in [2.24, 2.45) is 0 Å². The molecule has 1 amide bonds. The first-order chi connectivity index (χ1) is 15.6. The Hall–Kier alpha value is -3.87. The summed E-state index contributed by atoms with van der Waals surface area (Å²) in [5.41, 5.74) is 5.15. The number of rotatable bonds is 8. The molecule has 1 aromatic heterocycles. The van der Waals surface area contributed by atoms with Gasteiger partial charge < -0.3 is 15.0 Å². The normalized spacial score (nSPS) is 10.8. The Bertz CT molecular complexity index is 1200. The highest BCUT2D eigenvalue weighted by Crippen LogP contribution is 2.23. The number of fused-ring (bicyclic) bond motifs is 1. The summed E-state index contributed by atoms with van der Waals surface area (Å²) in [5, 5.41) is 12.1. The van der Waals surface area contributed by atoms with Gasteiger partial charge in [0.1, 0.15) is 16.8 Å². The molecule has 0 aliphatic heterocycles. The number of amides is 1. The molecule has 164 valence electrons. The van der Waals surface area contributed by atoms with E-state index >= 15 is 0 Å². The fraction of sp³-hybridized carbons (Fsp3) is 0.240. The van der Waals surface area contributed by atoms with Crippen molar-refractivity contribution in [2.45, 2.75) is 20.8 Å². The van der Waals surface area contributed by atoms with Crippen LogP contribution in [0.15, 0.2) is 66.7 Å². The number of aromatic nitrogens is 3. The zero-order valence-corrected chi connectivity index (χ0v) is 18.6. The zero-order chi connectivity index (χ0) is 22.5. The highest BCUT2D eigenvalue weighted by molar-refractivity contribution is 5.95. The van der Waals surface area contributed by atoms with Gasteiger partial charge in [0.2, 0.25) is 0 Å². The fourth-order valence-electron chi connectivity index (χ4n) is 3.56. The quantitative estimate of drug-likeness (QED) is 0.443. The monoisotopic (exact) mass is 429 g/mol. The second kappa shape index (κ2) is 9.51. The number of ether oxygens (including phenoxy) is 1. The summed E-state index contributed by atoms with van der Waals surface area (Å²) in [6, 6.07) is 21.2. The van der Waals surface area contributed by atoms with E-state index in [0.717, 1.165) is 29.9 Å². The van der Waals surface area contributed by atoms with Crippen LogP contribution in [0.25, 0.3) is 16.7 Å². The van der Waals surface area contributed by atoms with E-state index in [9.17, 15) is 4.79 Å². The minimum Gasteiger partial charge on any atom is -0.484 e. The average Bonchev–Trinajstić information content (AvgIpc) is 3.22. The Labute approximate surface area is 187 Å². The number of aryl methyl sites for hydroxylation is 1. The second-order valence-electron chi connectivity index (χ2n) is 7.48. The van der Waals surface area contributed by atoms with Gasteiger partial charge in [0.25, 0.3) is 5.91 Å². The smallest absolute Gasteiger partial charge is 0.262 e. The van der Waals surface area contributed by atoms with Crippen molar-refractivity contribution >= 4 is 28.3 Å². The van der Waals surface area contributed by atoms with Crippen LogP contribution in [-0.2, 0) is 4.79 Å². The third-order valence-electron chi connectivity index (χ3n) is 5.32. The van der Waals surface area contributed by atoms with E-state index in [1.54, 1.807) is 4.80 Å². The second-order valence-corrected chi connectivity index (χ2v) is 7.48. The minimum absolute atomic E-state index is 0.0624. The Balaban J connectivity index is 1.49. The Morgan fingerprint density at radius 1 is 0.969 bits per heavy atom. The van der Waals surface area contributed by atoms with Gasteiger partial charge in [0.05, 0.1) is 5.69 Å². The van der Waals surface area contributed by atoms with Crippen LogP contribution < -0.4 is 15.0 Å². The van der Waals surface area contributed by atoms with Crippen molar-refractivity contribution in [1.29, 1.82) is 0 Å². The lowest BCUT2D eigenvalue weighted by Crippen LogP contribution is -2.21. The topological polar surface area (TPSA) is 72.3 Å². The Morgan fingerprint density at radius 2 is 1.62 bits per heavy atom. The first-order valence-electron chi connectivity index (χ1n) is 10.8. The lowest BCUT2D eigenvalue weighted by molar-refractivity contribution is -0.118. The van der Waals surface area contributed by atoms with E-state index in [0.29, 0.717) is 17.0 Å². The molecule has 1 heterocycles. The van der Waals surface area contributed by atoms with Crippen molar-refractivity contribution in [3.63, 3.8) is 0 Å². The molecule has 0 aliphatic carbocycles. The average molecular weight is 430 g/mol. The van der Waals surface area contributed by atoms with E-state index in [1.165, 1.54) is 5.69 Å². The van der Waals surface area contributed by atoms with Crippen LogP contribution in [0.3, 0.4) is 0 Å². The van der Waals surface area contributed by atoms with Gasteiger partial charge in [0.15, 0.2) is 6.61 Å². The molecule has 0 fully saturated rings. The minimum atomic E-state index is -0.226. The fourth-order valence-corrected chi connectivity index (χ4v) is 3.56. The van der Waals surface area contributed by atoms with Gasteiger partial charge in [-0.15, -0.1) is 10.2 Å². The maximum Gasteiger partial charge on any atom is 0.262 e. The first-order valence-corrected chi connectivity index (χ1v) is 10.8. The van der Waals surface area contributed by atoms with Crippen LogP contribution in [-0.4, -0.2) is 40.6 Å². The first kappa shape index (κ1) is 21.4. The molecule has 0 bridgehead atoms. The SMILES string of the molecule is CCN(CC)c1ccc(-n2nc3cc(C)c(NC(=O)COc4ccccc4)cc3n2)cc1. The predicted octanol–water partition coefficient (Wildman–Crippen LogP) is 4.59. The van der Waals surface area contributed by atoms with Crippen LogP contribution in [0.4, 0.5) is 11.4 Å². The molecule has 7 nitrogen and oxygen atoms in total. The van der Waals surface area contributed by atoms with E-state index in [1.807, 2.05) is 61.5 Å². The number of benzene rings is 3. The molecule has 0 aliphatic rings. The van der Waals surface area contributed by atoms with Crippen molar-refractivity contribution in [1.82, 2.24) is 15.0 Å². The van der Waals surface area contributed by atoms with E-state index in [2.05, 4.69) is 46.4 Å². The van der Waals surface area contributed by atoms with Crippen LogP contribution in [0, 0.1) is 6.92 Å². The van der Waals surface area contributed by atoms with E-state index < -0.39 is 0 Å². The third kappa shape index (κ3) is 4.72. The van der Waals surface area contributed by atoms with Crippen molar-refractivity contribution in [3.8, 4) is 11.4 Å². The molecule has 0 radical (unpaired) electrons. The third-order valence-corrected chi connectivity index (χ3v) is 5.32. The molecule has 0 spiro atoms. The number of nitrogens with zero attached hydrogens (tertiary/aromatic N) is 4. The highest BCUT2D eigenvalue weighted by Gasteiger charge is 2.12. The number of para-hydroxylation sites is 1. The van der Waals surface area contributed by atoms with Gasteiger partial charge in [-0.3, -0.25) is 4.79 Å². The zero-order valence-electron chi connectivity index (χ0n) is 18.6. The number of carbonyl (C=O) groups is 1. The van der Waals surface area contributed by atoms with Crippen LogP contribution in [0.1, 0.15) is 19.4 Å². The summed E-state index contributed by atoms with van der Waals surface area (Å²) in [6.45, 7) is 8.09. The summed E-state index contributed by atoms with van der Waals surface area (Å²) in [4.78, 5) is 16.3. The van der Waals surface area contributed by atoms with Gasteiger partial charge in [0, 0.05) is 24.5 Å². The van der Waals surface area contributed by atoms with Gasteiger partial charge in [-0.25, -0.2) is 0 Å². The predicted molar refractivity (Wildman–Crippen MR) is 128 cm³/mol. The van der Waals surface area contributed by atoms with E-state index in [-0.39, 0.29) is 12.5 Å². The number of hydrogen-bond donors (Lipinski definition) is 1. The molecule has 1 N–H and O–H groups in total. The molecule has 7 heteroatoms. The Morgan fingerprint density at radius 3 is 2.28 bits per heavy atom. The standard InChI is InChI=1S/C25H27N5O2/c1-4-29(5-2)19-11-13-20(14-12-19)30-27-23-15-18(3)22(16-24(23)28-30)26-25(31)17-32-21-9-7-6-8-10-21/h6-16H,4-5,17H2,1-3H3,(H,26,31). The van der Waals surface area contributed by atoms with Gasteiger partial charge in [-0.05, 0) is 74.9 Å². The molecule has 0 atom stereocenters. The highest BCUT2D eigenvalue weighted by atomic mass is 16.5. The number of hydrogen-bond acceptors (Lipinski definition) is 5. The number of carbonyl (C=O) groups excluding carboxylic acids is 1. The van der Waals surface area contributed by atoms with Gasteiger partial charge >= 0.3 is 0 Å². The van der Waals surface area contributed by atoms with Gasteiger partial charge in [-0.1, -0.05) is 18.2 Å². The lowest BCUT2D eigenvalue weighted by Gasteiger charge is -2.20. The van der Waals surface area contributed by atoms with Crippen molar-refractivity contribution in [2.75, 3.05) is 29.9 Å². The maximum atomic E-state index is 12.4. The van der Waals surface area contributed by atoms with Crippen LogP contribution in [0.5, 0.6) is 5.75 Å². The van der Waals surface area contributed by atoms with E-state index in [4.69, 9.17) is 4.74 Å². The van der Waals surface area contributed by atoms with Crippen molar-refractivity contribution < 1.29 is 9.53 Å². The molecule has 4 rings (SSSR count). The molecule has 0 saturated heterocycles. The largest absolute Gasteiger partial charge is 0.484 e. The summed E-state index contributed by atoms with van der Waals surface area (Å²) in [7, 11) is 0. The molecule has 0 saturated carbocycles. The van der Waals surface area contributed by atoms with Crippen molar-refractivity contribution in [3.05, 3.63) is 72.3 Å². The molecule has 0 unspecified atom stereocenters. The lowest BCUT2D eigenvalue weighted by atomic mass is 10.1. The Kier molecular flexibility index (Phi) is 6.35. The summed E-state index contributed by atoms with van der Waals surface area (Å²) < 4.78 is 5.52. The summed E-state index contributed by atoms with van der Waals surface area (Å²) >= 11 is 0. The van der Waals surface area contributed by atoms with Gasteiger partial charge in [-0.2, -0.15) is 4.80 Å². The molecule has 32 heavy (non-hydrogen) atoms. The number of nitrogens with one attached hydrogen (secondary N) is 1. The molecular formula is C25H27N5O2. The molecule has 4 aromatic rings. The van der Waals surface area contributed by atoms with Crippen LogP contribution >= 0.6 is 0 Å². The molecular weight excluding hydrogens is 402 g/mol. The van der Waals surface area contributed by atoms with Crippen LogP contribution in [0.2, 0.25) is 0 Å². The molecule has 3 aromatic carbocycles. The summed E-state index contributed by atoms with van der Waals surface area (Å²) in [5.74, 6) is 0.431. The maximum absolute atomic E-state index is 12.4. The number of anilines is 2. The summed E-state index contributed by atoms with van der Waals surface area (Å²) in [6.07, 6.45) is 0.